The fraction of sp³-hybridized carbons (Fsp3) is 0.296. The van der Waals surface area contributed by atoms with Gasteiger partial charge in [0.2, 0.25) is 5.91 Å². The third-order valence-electron chi connectivity index (χ3n) is 6.09. The van der Waals surface area contributed by atoms with Crippen LogP contribution in [0, 0.1) is 6.92 Å². The fourth-order valence-electron chi connectivity index (χ4n) is 4.38. The predicted octanol–water partition coefficient (Wildman–Crippen LogP) is 5.24. The maximum Gasteiger partial charge on any atom is 0.294 e. The Morgan fingerprint density at radius 1 is 0.970 bits per heavy atom. The van der Waals surface area contributed by atoms with Crippen molar-refractivity contribution in [3.8, 4) is 0 Å². The molecule has 0 unspecified atom stereocenters. The molecule has 170 valence electrons. The summed E-state index contributed by atoms with van der Waals surface area (Å²) in [5, 5.41) is 3.14. The number of benzene rings is 2. The molecule has 1 saturated carbocycles. The van der Waals surface area contributed by atoms with Gasteiger partial charge in [0.1, 0.15) is 6.04 Å². The lowest BCUT2D eigenvalue weighted by molar-refractivity contribution is -0.123. The molecule has 1 fully saturated rings. The van der Waals surface area contributed by atoms with Gasteiger partial charge >= 0.3 is 0 Å². The summed E-state index contributed by atoms with van der Waals surface area (Å²) in [5.74, 6) is -0.856. The molecule has 3 aromatic rings. The fourth-order valence-corrected chi connectivity index (χ4v) is 4.38. The molecule has 1 aromatic heterocycles. The van der Waals surface area contributed by atoms with Crippen LogP contribution < -0.4 is 10.2 Å². The maximum absolute atomic E-state index is 13.7. The molecule has 2 aromatic carbocycles. The smallest absolute Gasteiger partial charge is 0.294 e. The highest BCUT2D eigenvalue weighted by molar-refractivity contribution is 6.12. The van der Waals surface area contributed by atoms with E-state index in [2.05, 4.69) is 5.32 Å². The van der Waals surface area contributed by atoms with Crippen LogP contribution in [0.25, 0.3) is 0 Å². The lowest BCUT2D eigenvalue weighted by Crippen LogP contribution is -2.46. The number of amides is 2. The molecule has 0 spiro atoms. The molecular weight excluding hydrogens is 416 g/mol. The highest BCUT2D eigenvalue weighted by Crippen LogP contribution is 2.33. The number of carbonyl (C=O) groups is 3. The van der Waals surface area contributed by atoms with E-state index in [1.54, 1.807) is 36.4 Å². The summed E-state index contributed by atoms with van der Waals surface area (Å²) >= 11 is 0. The van der Waals surface area contributed by atoms with Gasteiger partial charge in [-0.2, -0.15) is 0 Å². The third kappa shape index (κ3) is 4.90. The predicted molar refractivity (Wildman–Crippen MR) is 126 cm³/mol. The van der Waals surface area contributed by atoms with Gasteiger partial charge in [0.05, 0.1) is 12.0 Å². The van der Waals surface area contributed by atoms with E-state index in [4.69, 9.17) is 4.42 Å². The number of carbonyl (C=O) groups excluding carboxylic acids is 3. The highest BCUT2D eigenvalue weighted by Gasteiger charge is 2.37. The molecule has 1 aliphatic carbocycles. The number of hydrogen-bond donors (Lipinski definition) is 1. The van der Waals surface area contributed by atoms with Gasteiger partial charge in [-0.05, 0) is 56.5 Å². The first kappa shape index (κ1) is 22.5. The van der Waals surface area contributed by atoms with Crippen LogP contribution >= 0.6 is 0 Å². The van der Waals surface area contributed by atoms with E-state index in [9.17, 15) is 14.4 Å². The van der Waals surface area contributed by atoms with Gasteiger partial charge in [0, 0.05) is 11.6 Å². The van der Waals surface area contributed by atoms with Crippen LogP contribution in [0.5, 0.6) is 0 Å². The SMILES string of the molecule is CC(=O)c1ccccc1N(C(=O)c1ccco1)[C@@H](C(=O)NC1CCCC1)c1ccc(C)cc1. The molecule has 1 aliphatic rings. The minimum atomic E-state index is -0.968. The third-order valence-corrected chi connectivity index (χ3v) is 6.09. The van der Waals surface area contributed by atoms with Crippen molar-refractivity contribution in [2.24, 2.45) is 0 Å². The average Bonchev–Trinajstić information content (AvgIpc) is 3.52. The molecule has 0 aliphatic heterocycles. The molecule has 1 N–H and O–H groups in total. The van der Waals surface area contributed by atoms with Gasteiger partial charge in [0.25, 0.3) is 5.91 Å². The van der Waals surface area contributed by atoms with Gasteiger partial charge in [-0.1, -0.05) is 54.8 Å². The van der Waals surface area contributed by atoms with Crippen LogP contribution in [0.1, 0.15) is 70.7 Å². The van der Waals surface area contributed by atoms with E-state index in [0.29, 0.717) is 16.8 Å². The molecule has 1 heterocycles. The average molecular weight is 445 g/mol. The quantitative estimate of drug-likeness (QED) is 0.506. The maximum atomic E-state index is 13.7. The minimum Gasteiger partial charge on any atom is -0.459 e. The van der Waals surface area contributed by atoms with Crippen molar-refractivity contribution in [1.82, 2.24) is 5.32 Å². The number of ketones is 1. The Morgan fingerprint density at radius 2 is 1.67 bits per heavy atom. The van der Waals surface area contributed by atoms with E-state index >= 15 is 0 Å². The Morgan fingerprint density at radius 3 is 2.30 bits per heavy atom. The zero-order chi connectivity index (χ0) is 23.4. The zero-order valence-corrected chi connectivity index (χ0v) is 18.9. The van der Waals surface area contributed by atoms with Crippen LogP contribution in [0.4, 0.5) is 5.69 Å². The molecule has 6 nitrogen and oxygen atoms in total. The van der Waals surface area contributed by atoms with Crippen LogP contribution in [0.2, 0.25) is 0 Å². The molecule has 4 rings (SSSR count). The van der Waals surface area contributed by atoms with Crippen LogP contribution in [0.15, 0.2) is 71.3 Å². The second kappa shape index (κ2) is 9.86. The first-order chi connectivity index (χ1) is 16.0. The van der Waals surface area contributed by atoms with Crippen molar-refractivity contribution in [2.75, 3.05) is 4.90 Å². The van der Waals surface area contributed by atoms with Gasteiger partial charge in [0.15, 0.2) is 11.5 Å². The molecule has 33 heavy (non-hydrogen) atoms. The van der Waals surface area contributed by atoms with E-state index in [0.717, 1.165) is 31.2 Å². The molecular formula is C27H28N2O4. The number of nitrogens with zero attached hydrogens (tertiary/aromatic N) is 1. The molecule has 0 radical (unpaired) electrons. The monoisotopic (exact) mass is 444 g/mol. The van der Waals surface area contributed by atoms with Crippen molar-refractivity contribution in [3.05, 3.63) is 89.4 Å². The van der Waals surface area contributed by atoms with Crippen molar-refractivity contribution in [2.45, 2.75) is 51.6 Å². The summed E-state index contributed by atoms with van der Waals surface area (Å²) in [5.41, 5.74) is 2.44. The zero-order valence-electron chi connectivity index (χ0n) is 18.9. The van der Waals surface area contributed by atoms with Crippen molar-refractivity contribution >= 4 is 23.3 Å². The van der Waals surface area contributed by atoms with Gasteiger partial charge < -0.3 is 9.73 Å². The second-order valence-corrected chi connectivity index (χ2v) is 8.53. The molecule has 2 amide bonds. The highest BCUT2D eigenvalue weighted by atomic mass is 16.3. The van der Waals surface area contributed by atoms with Crippen molar-refractivity contribution in [1.29, 1.82) is 0 Å². The number of hydrogen-bond acceptors (Lipinski definition) is 4. The summed E-state index contributed by atoms with van der Waals surface area (Å²) < 4.78 is 5.41. The first-order valence-electron chi connectivity index (χ1n) is 11.3. The molecule has 0 saturated heterocycles. The van der Waals surface area contributed by atoms with Gasteiger partial charge in [-0.3, -0.25) is 19.3 Å². The Kier molecular flexibility index (Phi) is 6.73. The normalized spacial score (nSPS) is 14.6. The summed E-state index contributed by atoms with van der Waals surface area (Å²) in [4.78, 5) is 41.3. The Balaban J connectivity index is 1.87. The molecule has 1 atom stereocenters. The van der Waals surface area contributed by atoms with Crippen molar-refractivity contribution < 1.29 is 18.8 Å². The van der Waals surface area contributed by atoms with E-state index in [-0.39, 0.29) is 23.5 Å². The Bertz CT molecular complexity index is 1130. The van der Waals surface area contributed by atoms with Crippen LogP contribution in [0.3, 0.4) is 0 Å². The number of Topliss-reactive ketones (excluding diaryl/α,β-unsaturated/α-hetero) is 1. The lowest BCUT2D eigenvalue weighted by Gasteiger charge is -2.32. The van der Waals surface area contributed by atoms with Crippen LogP contribution in [-0.4, -0.2) is 23.6 Å². The number of furan rings is 1. The van der Waals surface area contributed by atoms with Crippen LogP contribution in [-0.2, 0) is 4.79 Å². The lowest BCUT2D eigenvalue weighted by atomic mass is 9.99. The second-order valence-electron chi connectivity index (χ2n) is 8.53. The summed E-state index contributed by atoms with van der Waals surface area (Å²) in [6.07, 6.45) is 5.40. The number of para-hydroxylation sites is 1. The standard InChI is InChI=1S/C27H28N2O4/c1-18-13-15-20(16-14-18)25(26(31)28-21-8-3-4-9-21)29(27(32)24-12-7-17-33-24)23-11-6-5-10-22(23)19(2)30/h5-7,10-17,21,25H,3-4,8-9H2,1-2H3,(H,28,31)/t25-/m1/s1. The minimum absolute atomic E-state index is 0.0778. The van der Waals surface area contributed by atoms with Crippen molar-refractivity contribution in [3.63, 3.8) is 0 Å². The number of anilines is 1. The number of aryl methyl sites for hydroxylation is 1. The topological polar surface area (TPSA) is 79.6 Å². The Hall–Kier alpha value is -3.67. The van der Waals surface area contributed by atoms with E-state index in [1.165, 1.54) is 18.1 Å². The van der Waals surface area contributed by atoms with E-state index < -0.39 is 11.9 Å². The number of rotatable bonds is 7. The van der Waals surface area contributed by atoms with Gasteiger partial charge in [-0.25, -0.2) is 0 Å². The largest absolute Gasteiger partial charge is 0.459 e. The Labute approximate surface area is 193 Å². The van der Waals surface area contributed by atoms with Gasteiger partial charge in [-0.15, -0.1) is 0 Å². The first-order valence-corrected chi connectivity index (χ1v) is 11.3. The summed E-state index contributed by atoms with van der Waals surface area (Å²) in [7, 11) is 0. The number of nitrogens with one attached hydrogen (secondary N) is 1. The molecule has 0 bridgehead atoms. The molecule has 6 heteroatoms. The summed E-state index contributed by atoms with van der Waals surface area (Å²) in [6, 6.07) is 16.7. The summed E-state index contributed by atoms with van der Waals surface area (Å²) in [6.45, 7) is 3.42. The van der Waals surface area contributed by atoms with E-state index in [1.807, 2.05) is 31.2 Å².